The second kappa shape index (κ2) is 9.58. The second-order valence-corrected chi connectivity index (χ2v) is 9.02. The van der Waals surface area contributed by atoms with E-state index in [0.717, 1.165) is 0 Å². The standard InChI is InChI=1S/C19H20Cl2N2O5S/c1-11(2)23-29(26,27)15-7-5-14(6-8-15)22-18(24)12(3)28-19(25)16-10-13(20)4-9-17(16)21/h4-12,23H,1-3H3,(H,22,24). The largest absolute Gasteiger partial charge is 0.449 e. The molecule has 1 amide bonds. The van der Waals surface area contributed by atoms with Gasteiger partial charge in [0.05, 0.1) is 15.5 Å². The predicted molar refractivity (Wildman–Crippen MR) is 112 cm³/mol. The molecule has 0 aliphatic heterocycles. The molecule has 0 aromatic heterocycles. The van der Waals surface area contributed by atoms with Crippen molar-refractivity contribution in [1.29, 1.82) is 0 Å². The van der Waals surface area contributed by atoms with E-state index in [1.165, 1.54) is 49.4 Å². The van der Waals surface area contributed by atoms with Crippen LogP contribution in [-0.2, 0) is 19.6 Å². The number of esters is 1. The summed E-state index contributed by atoms with van der Waals surface area (Å²) in [6, 6.07) is 9.69. The molecule has 0 aliphatic carbocycles. The van der Waals surface area contributed by atoms with Crippen LogP contribution in [0.25, 0.3) is 0 Å². The highest BCUT2D eigenvalue weighted by molar-refractivity contribution is 7.89. The number of hydrogen-bond donors (Lipinski definition) is 2. The van der Waals surface area contributed by atoms with Gasteiger partial charge in [-0.15, -0.1) is 0 Å². The molecule has 0 saturated heterocycles. The van der Waals surface area contributed by atoms with Gasteiger partial charge in [-0.2, -0.15) is 0 Å². The topological polar surface area (TPSA) is 102 Å². The Morgan fingerprint density at radius 2 is 1.62 bits per heavy atom. The first-order chi connectivity index (χ1) is 13.5. The molecule has 1 unspecified atom stereocenters. The van der Waals surface area contributed by atoms with Crippen molar-refractivity contribution in [3.63, 3.8) is 0 Å². The van der Waals surface area contributed by atoms with Crippen LogP contribution in [0.5, 0.6) is 0 Å². The zero-order valence-corrected chi connectivity index (χ0v) is 18.2. The van der Waals surface area contributed by atoms with Crippen LogP contribution in [0.15, 0.2) is 47.4 Å². The normalized spacial score (nSPS) is 12.5. The Kier molecular flexibility index (Phi) is 7.65. The first-order valence-electron chi connectivity index (χ1n) is 8.59. The molecular weight excluding hydrogens is 439 g/mol. The highest BCUT2D eigenvalue weighted by atomic mass is 35.5. The number of amides is 1. The van der Waals surface area contributed by atoms with Crippen LogP contribution in [0.4, 0.5) is 5.69 Å². The van der Waals surface area contributed by atoms with Crippen molar-refractivity contribution in [2.75, 3.05) is 5.32 Å². The Bertz CT molecular complexity index is 1010. The summed E-state index contributed by atoms with van der Waals surface area (Å²) >= 11 is 11.8. The third-order valence-corrected chi connectivity index (χ3v) is 5.86. The lowest BCUT2D eigenvalue weighted by Gasteiger charge is -2.15. The minimum absolute atomic E-state index is 0.0472. The van der Waals surface area contributed by atoms with Gasteiger partial charge in [-0.1, -0.05) is 23.2 Å². The van der Waals surface area contributed by atoms with Gasteiger partial charge in [0, 0.05) is 16.8 Å². The number of rotatable bonds is 7. The fraction of sp³-hybridized carbons (Fsp3) is 0.263. The minimum atomic E-state index is -3.63. The number of sulfonamides is 1. The van der Waals surface area contributed by atoms with Crippen LogP contribution in [-0.4, -0.2) is 32.4 Å². The average Bonchev–Trinajstić information content (AvgIpc) is 2.63. The van der Waals surface area contributed by atoms with Gasteiger partial charge in [-0.3, -0.25) is 4.79 Å². The molecule has 156 valence electrons. The Hall–Kier alpha value is -2.13. The molecule has 29 heavy (non-hydrogen) atoms. The van der Waals surface area contributed by atoms with Crippen molar-refractivity contribution in [3.05, 3.63) is 58.1 Å². The molecule has 10 heteroatoms. The van der Waals surface area contributed by atoms with E-state index in [1.807, 2.05) is 0 Å². The lowest BCUT2D eigenvalue weighted by molar-refractivity contribution is -0.123. The predicted octanol–water partition coefficient (Wildman–Crippen LogP) is 3.86. The van der Waals surface area contributed by atoms with Gasteiger partial charge in [0.2, 0.25) is 10.0 Å². The van der Waals surface area contributed by atoms with Crippen LogP contribution in [0, 0.1) is 0 Å². The maximum absolute atomic E-state index is 12.3. The zero-order chi connectivity index (χ0) is 21.8. The molecule has 0 spiro atoms. The number of hydrogen-bond acceptors (Lipinski definition) is 5. The van der Waals surface area contributed by atoms with Crippen molar-refractivity contribution >= 4 is 50.8 Å². The summed E-state index contributed by atoms with van der Waals surface area (Å²) < 4.78 is 31.8. The second-order valence-electron chi connectivity index (χ2n) is 6.46. The van der Waals surface area contributed by atoms with E-state index in [-0.39, 0.29) is 21.5 Å². The molecule has 2 aromatic carbocycles. The molecule has 7 nitrogen and oxygen atoms in total. The molecule has 2 rings (SSSR count). The highest BCUT2D eigenvalue weighted by Gasteiger charge is 2.21. The Morgan fingerprint density at radius 1 is 1.00 bits per heavy atom. The maximum Gasteiger partial charge on any atom is 0.340 e. The molecule has 0 bridgehead atoms. The van der Waals surface area contributed by atoms with Gasteiger partial charge in [0.15, 0.2) is 6.10 Å². The number of benzene rings is 2. The van der Waals surface area contributed by atoms with Crippen LogP contribution < -0.4 is 10.0 Å². The third-order valence-electron chi connectivity index (χ3n) is 3.62. The van der Waals surface area contributed by atoms with Crippen LogP contribution >= 0.6 is 23.2 Å². The third kappa shape index (κ3) is 6.43. The number of ether oxygens (including phenoxy) is 1. The molecule has 2 aromatic rings. The van der Waals surface area contributed by atoms with Crippen LogP contribution in [0.1, 0.15) is 31.1 Å². The number of nitrogens with one attached hydrogen (secondary N) is 2. The molecule has 0 saturated carbocycles. The first kappa shape index (κ1) is 23.2. The number of anilines is 1. The zero-order valence-electron chi connectivity index (χ0n) is 15.9. The van der Waals surface area contributed by atoms with Crippen molar-refractivity contribution in [2.24, 2.45) is 0 Å². The van der Waals surface area contributed by atoms with Crippen molar-refractivity contribution in [3.8, 4) is 0 Å². The molecular formula is C19H20Cl2N2O5S. The summed E-state index contributed by atoms with van der Waals surface area (Å²) in [7, 11) is -3.63. The van der Waals surface area contributed by atoms with Crippen LogP contribution in [0.2, 0.25) is 10.0 Å². The Labute approximate surface area is 179 Å². The smallest absolute Gasteiger partial charge is 0.340 e. The minimum Gasteiger partial charge on any atom is -0.449 e. The molecule has 0 fully saturated rings. The van der Waals surface area contributed by atoms with Crippen molar-refractivity contribution in [1.82, 2.24) is 4.72 Å². The van der Waals surface area contributed by atoms with Crippen molar-refractivity contribution in [2.45, 2.75) is 37.8 Å². The van der Waals surface area contributed by atoms with Gasteiger partial charge in [-0.25, -0.2) is 17.9 Å². The summed E-state index contributed by atoms with van der Waals surface area (Å²) in [6.07, 6.45) is -1.12. The summed E-state index contributed by atoms with van der Waals surface area (Å²) in [5.74, 6) is -1.38. The van der Waals surface area contributed by atoms with Gasteiger partial charge in [0.1, 0.15) is 0 Å². The Morgan fingerprint density at radius 3 is 2.21 bits per heavy atom. The number of halogens is 2. The molecule has 0 radical (unpaired) electrons. The summed E-state index contributed by atoms with van der Waals surface area (Å²) in [5, 5.41) is 3.01. The quantitative estimate of drug-likeness (QED) is 0.613. The maximum atomic E-state index is 12.3. The number of carbonyl (C=O) groups excluding carboxylic acids is 2. The van der Waals surface area contributed by atoms with Gasteiger partial charge in [-0.05, 0) is 63.2 Å². The highest BCUT2D eigenvalue weighted by Crippen LogP contribution is 2.22. The van der Waals surface area contributed by atoms with Gasteiger partial charge >= 0.3 is 5.97 Å². The van der Waals surface area contributed by atoms with Gasteiger partial charge in [0.25, 0.3) is 5.91 Å². The van der Waals surface area contributed by atoms with Gasteiger partial charge < -0.3 is 10.1 Å². The molecule has 0 aliphatic rings. The lowest BCUT2D eigenvalue weighted by Crippen LogP contribution is -2.30. The molecule has 2 N–H and O–H groups in total. The van der Waals surface area contributed by atoms with E-state index >= 15 is 0 Å². The average molecular weight is 459 g/mol. The summed E-state index contributed by atoms with van der Waals surface area (Å²) in [5.41, 5.74) is 0.396. The molecule has 1 atom stereocenters. The lowest BCUT2D eigenvalue weighted by atomic mass is 10.2. The summed E-state index contributed by atoms with van der Waals surface area (Å²) in [4.78, 5) is 24.6. The van der Waals surface area contributed by atoms with E-state index in [2.05, 4.69) is 10.0 Å². The molecule has 0 heterocycles. The van der Waals surface area contributed by atoms with Crippen molar-refractivity contribution < 1.29 is 22.7 Å². The number of carbonyl (C=O) groups is 2. The first-order valence-corrected chi connectivity index (χ1v) is 10.8. The monoisotopic (exact) mass is 458 g/mol. The van der Waals surface area contributed by atoms with E-state index in [1.54, 1.807) is 13.8 Å². The van der Waals surface area contributed by atoms with E-state index in [9.17, 15) is 18.0 Å². The Balaban J connectivity index is 2.02. The van der Waals surface area contributed by atoms with E-state index in [4.69, 9.17) is 27.9 Å². The van der Waals surface area contributed by atoms with Crippen LogP contribution in [0.3, 0.4) is 0 Å². The fourth-order valence-corrected chi connectivity index (χ4v) is 3.89. The summed E-state index contributed by atoms with van der Waals surface area (Å²) in [6.45, 7) is 4.83. The van der Waals surface area contributed by atoms with E-state index < -0.39 is 28.0 Å². The fourth-order valence-electron chi connectivity index (χ4n) is 2.27. The van der Waals surface area contributed by atoms with E-state index in [0.29, 0.717) is 10.7 Å². The SMILES string of the molecule is CC(C)NS(=O)(=O)c1ccc(NC(=O)C(C)OC(=O)c2cc(Cl)ccc2Cl)cc1.